The molecule has 0 aromatic heterocycles. The van der Waals surface area contributed by atoms with Gasteiger partial charge in [0.1, 0.15) is 22.8 Å². The second-order valence-corrected chi connectivity index (χ2v) is 5.66. The number of ether oxygens (including phenoxy) is 5. The third-order valence-electron chi connectivity index (χ3n) is 4.29. The lowest BCUT2D eigenvalue weighted by atomic mass is 9.92. The predicted octanol–water partition coefficient (Wildman–Crippen LogP) is 2.40. The minimum absolute atomic E-state index is 0.192. The molecule has 7 heteroatoms. The van der Waals surface area contributed by atoms with Crippen molar-refractivity contribution in [1.82, 2.24) is 0 Å². The van der Waals surface area contributed by atoms with Crippen LogP contribution in [0.1, 0.15) is 22.0 Å². The molecule has 1 aliphatic heterocycles. The number of hydrogen-bond acceptors (Lipinski definition) is 7. The van der Waals surface area contributed by atoms with Gasteiger partial charge < -0.3 is 28.8 Å². The SMILES string of the molecule is COc1cc(OC)c2c(c1)O[C@H](c1ccc(OC)c(OC)c1)[C@H](O)C2=O. The summed E-state index contributed by atoms with van der Waals surface area (Å²) in [7, 11) is 5.99. The van der Waals surface area contributed by atoms with E-state index >= 15 is 0 Å². The number of hydrogen-bond donors (Lipinski definition) is 1. The molecule has 0 amide bonds. The van der Waals surface area contributed by atoms with Gasteiger partial charge in [-0.25, -0.2) is 0 Å². The van der Waals surface area contributed by atoms with Crippen molar-refractivity contribution in [3.8, 4) is 28.7 Å². The summed E-state index contributed by atoms with van der Waals surface area (Å²) in [6.45, 7) is 0. The quantitative estimate of drug-likeness (QED) is 0.876. The summed E-state index contributed by atoms with van der Waals surface area (Å²) in [5.74, 6) is 1.59. The van der Waals surface area contributed by atoms with E-state index in [2.05, 4.69) is 0 Å². The fourth-order valence-electron chi connectivity index (χ4n) is 2.95. The van der Waals surface area contributed by atoms with Gasteiger partial charge in [-0.15, -0.1) is 0 Å². The van der Waals surface area contributed by atoms with Gasteiger partial charge in [-0.2, -0.15) is 0 Å². The molecule has 3 rings (SSSR count). The Morgan fingerprint density at radius 2 is 1.58 bits per heavy atom. The number of carbonyl (C=O) groups excluding carboxylic acids is 1. The van der Waals surface area contributed by atoms with Crippen LogP contribution in [0.25, 0.3) is 0 Å². The van der Waals surface area contributed by atoms with Crippen LogP contribution >= 0.6 is 0 Å². The second-order valence-electron chi connectivity index (χ2n) is 5.66. The van der Waals surface area contributed by atoms with E-state index in [1.54, 1.807) is 30.3 Å². The number of benzene rings is 2. The number of Topliss-reactive ketones (excluding diaryl/α,β-unsaturated/α-hetero) is 1. The zero-order valence-electron chi connectivity index (χ0n) is 14.9. The van der Waals surface area contributed by atoms with Gasteiger partial charge in [0.05, 0.1) is 28.4 Å². The molecule has 0 aliphatic carbocycles. The Morgan fingerprint density at radius 3 is 2.19 bits per heavy atom. The van der Waals surface area contributed by atoms with Crippen molar-refractivity contribution in [2.24, 2.45) is 0 Å². The molecule has 0 spiro atoms. The maximum absolute atomic E-state index is 12.8. The predicted molar refractivity (Wildman–Crippen MR) is 92.8 cm³/mol. The van der Waals surface area contributed by atoms with E-state index in [9.17, 15) is 9.90 Å². The van der Waals surface area contributed by atoms with Gasteiger partial charge in [0.2, 0.25) is 5.78 Å². The number of aliphatic hydroxyl groups is 1. The molecule has 0 saturated heterocycles. The topological polar surface area (TPSA) is 83.5 Å². The maximum Gasteiger partial charge on any atom is 0.202 e. The Morgan fingerprint density at radius 1 is 0.885 bits per heavy atom. The van der Waals surface area contributed by atoms with Crippen molar-refractivity contribution in [2.75, 3.05) is 28.4 Å². The van der Waals surface area contributed by atoms with Crippen molar-refractivity contribution in [3.05, 3.63) is 41.5 Å². The normalized spacial score (nSPS) is 18.6. The molecule has 2 aromatic rings. The smallest absolute Gasteiger partial charge is 0.202 e. The van der Waals surface area contributed by atoms with E-state index in [1.165, 1.54) is 28.4 Å². The van der Waals surface area contributed by atoms with Crippen molar-refractivity contribution in [1.29, 1.82) is 0 Å². The molecule has 1 heterocycles. The van der Waals surface area contributed by atoms with E-state index < -0.39 is 18.0 Å². The van der Waals surface area contributed by atoms with E-state index in [0.717, 1.165) is 0 Å². The molecule has 2 atom stereocenters. The van der Waals surface area contributed by atoms with Gasteiger partial charge in [0, 0.05) is 12.1 Å². The van der Waals surface area contributed by atoms with Gasteiger partial charge in [0.25, 0.3) is 0 Å². The van der Waals surface area contributed by atoms with Gasteiger partial charge in [0.15, 0.2) is 23.7 Å². The Labute approximate surface area is 151 Å². The van der Waals surface area contributed by atoms with Gasteiger partial charge in [-0.3, -0.25) is 4.79 Å². The largest absolute Gasteiger partial charge is 0.496 e. The summed E-state index contributed by atoms with van der Waals surface area (Å²) in [4.78, 5) is 12.8. The lowest BCUT2D eigenvalue weighted by molar-refractivity contribution is 0.0209. The number of ketones is 1. The minimum Gasteiger partial charge on any atom is -0.496 e. The number of carbonyl (C=O) groups is 1. The lowest BCUT2D eigenvalue weighted by Gasteiger charge is -2.31. The molecule has 26 heavy (non-hydrogen) atoms. The first kappa shape index (κ1) is 17.9. The third kappa shape index (κ3) is 2.90. The maximum atomic E-state index is 12.8. The summed E-state index contributed by atoms with van der Waals surface area (Å²) in [6.07, 6.45) is -2.28. The minimum atomic E-state index is -1.39. The molecular formula is C19H20O7. The van der Waals surface area contributed by atoms with Crippen LogP contribution in [0.3, 0.4) is 0 Å². The molecule has 0 saturated carbocycles. The average Bonchev–Trinajstić information content (AvgIpc) is 2.68. The first-order valence-electron chi connectivity index (χ1n) is 7.91. The number of rotatable bonds is 5. The van der Waals surface area contributed by atoms with Crippen molar-refractivity contribution < 1.29 is 33.6 Å². The van der Waals surface area contributed by atoms with Crippen molar-refractivity contribution in [2.45, 2.75) is 12.2 Å². The number of fused-ring (bicyclic) bond motifs is 1. The first-order valence-corrected chi connectivity index (χ1v) is 7.91. The van der Waals surface area contributed by atoms with Crippen LogP contribution in [-0.4, -0.2) is 45.4 Å². The summed E-state index contributed by atoms with van der Waals surface area (Å²) < 4.78 is 26.9. The van der Waals surface area contributed by atoms with Crippen molar-refractivity contribution in [3.63, 3.8) is 0 Å². The molecule has 138 valence electrons. The molecule has 1 aliphatic rings. The van der Waals surface area contributed by atoms with E-state index in [-0.39, 0.29) is 17.1 Å². The first-order chi connectivity index (χ1) is 12.5. The summed E-state index contributed by atoms with van der Waals surface area (Å²) >= 11 is 0. The van der Waals surface area contributed by atoms with Gasteiger partial charge in [-0.1, -0.05) is 6.07 Å². The average molecular weight is 360 g/mol. The Hall–Kier alpha value is -2.93. The van der Waals surface area contributed by atoms with Crippen LogP contribution in [0.2, 0.25) is 0 Å². The molecule has 0 unspecified atom stereocenters. The molecule has 0 fully saturated rings. The van der Waals surface area contributed by atoms with Crippen LogP contribution < -0.4 is 23.7 Å². The molecule has 0 bridgehead atoms. The van der Waals surface area contributed by atoms with Crippen LogP contribution in [-0.2, 0) is 0 Å². The highest BCUT2D eigenvalue weighted by Gasteiger charge is 2.39. The Kier molecular flexibility index (Phi) is 4.90. The standard InChI is InChI=1S/C19H20O7/c1-22-11-8-14(25-4)16-15(9-11)26-19(18(21)17(16)20)10-5-6-12(23-2)13(7-10)24-3/h5-9,18-19,21H,1-4H3/t18-,19-/m1/s1. The number of aliphatic hydroxyl groups excluding tert-OH is 1. The highest BCUT2D eigenvalue weighted by molar-refractivity contribution is 6.05. The molecule has 2 aromatic carbocycles. The van der Waals surface area contributed by atoms with Gasteiger partial charge in [-0.05, 0) is 17.7 Å². The van der Waals surface area contributed by atoms with Crippen LogP contribution in [0.15, 0.2) is 30.3 Å². The monoisotopic (exact) mass is 360 g/mol. The molecule has 7 nitrogen and oxygen atoms in total. The molecular weight excluding hydrogens is 340 g/mol. The zero-order valence-corrected chi connectivity index (χ0v) is 14.9. The summed E-state index contributed by atoms with van der Waals surface area (Å²) in [5.41, 5.74) is 0.772. The summed E-state index contributed by atoms with van der Waals surface area (Å²) in [6, 6.07) is 8.24. The third-order valence-corrected chi connectivity index (χ3v) is 4.29. The zero-order chi connectivity index (χ0) is 18.8. The number of methoxy groups -OCH3 is 4. The van der Waals surface area contributed by atoms with Crippen LogP contribution in [0.5, 0.6) is 28.7 Å². The van der Waals surface area contributed by atoms with Crippen LogP contribution in [0, 0.1) is 0 Å². The highest BCUT2D eigenvalue weighted by Crippen LogP contribution is 2.43. The lowest BCUT2D eigenvalue weighted by Crippen LogP contribution is -2.36. The fraction of sp³-hybridized carbons (Fsp3) is 0.316. The Bertz CT molecular complexity index is 831. The summed E-state index contributed by atoms with van der Waals surface area (Å²) in [5, 5.41) is 10.5. The van der Waals surface area contributed by atoms with Crippen molar-refractivity contribution >= 4 is 5.78 Å². The fourth-order valence-corrected chi connectivity index (χ4v) is 2.95. The Balaban J connectivity index is 2.06. The van der Waals surface area contributed by atoms with E-state index in [4.69, 9.17) is 23.7 Å². The van der Waals surface area contributed by atoms with E-state index in [0.29, 0.717) is 22.8 Å². The molecule has 1 N–H and O–H groups in total. The molecule has 0 radical (unpaired) electrons. The van der Waals surface area contributed by atoms with E-state index in [1.807, 2.05) is 0 Å². The second kappa shape index (κ2) is 7.13. The van der Waals surface area contributed by atoms with Gasteiger partial charge >= 0.3 is 0 Å². The highest BCUT2D eigenvalue weighted by atomic mass is 16.5. The van der Waals surface area contributed by atoms with Crippen LogP contribution in [0.4, 0.5) is 0 Å².